The molecule has 0 radical (unpaired) electrons. The van der Waals surface area contributed by atoms with Crippen molar-refractivity contribution < 1.29 is 23.7 Å². The third kappa shape index (κ3) is 4.11. The molecule has 7 heteroatoms. The molecular weight excluding hydrogens is 370 g/mol. The third-order valence-corrected chi connectivity index (χ3v) is 4.44. The summed E-state index contributed by atoms with van der Waals surface area (Å²) in [6.45, 7) is 1.77. The Morgan fingerprint density at radius 3 is 2.81 bits per heavy atom. The first-order valence-electron chi connectivity index (χ1n) is 8.62. The summed E-state index contributed by atoms with van der Waals surface area (Å²) in [6, 6.07) is 9.14. The van der Waals surface area contributed by atoms with E-state index in [2.05, 4.69) is 5.32 Å². The lowest BCUT2D eigenvalue weighted by molar-refractivity contribution is -0.116. The Kier molecular flexibility index (Phi) is 5.07. The fourth-order valence-corrected chi connectivity index (χ4v) is 3.09. The third-order valence-electron chi connectivity index (χ3n) is 4.16. The van der Waals surface area contributed by atoms with Crippen molar-refractivity contribution in [3.05, 3.63) is 52.6 Å². The highest BCUT2D eigenvalue weighted by molar-refractivity contribution is 6.32. The number of carbonyl (C=O) groups excluding carboxylic acids is 1. The van der Waals surface area contributed by atoms with Crippen molar-refractivity contribution in [2.45, 2.75) is 13.0 Å². The molecule has 0 atom stereocenters. The van der Waals surface area contributed by atoms with E-state index in [1.807, 2.05) is 24.3 Å². The highest BCUT2D eigenvalue weighted by Gasteiger charge is 2.15. The van der Waals surface area contributed by atoms with Crippen molar-refractivity contribution in [1.29, 1.82) is 0 Å². The number of hydrogen-bond acceptors (Lipinski definition) is 5. The Bertz CT molecular complexity index is 896. The zero-order chi connectivity index (χ0) is 18.6. The first-order chi connectivity index (χ1) is 13.2. The Morgan fingerprint density at radius 2 is 1.89 bits per heavy atom. The van der Waals surface area contributed by atoms with Gasteiger partial charge in [0.1, 0.15) is 0 Å². The van der Waals surface area contributed by atoms with E-state index >= 15 is 0 Å². The average molecular weight is 388 g/mol. The number of ether oxygens (including phenoxy) is 4. The molecule has 6 nitrogen and oxygen atoms in total. The van der Waals surface area contributed by atoms with Crippen LogP contribution >= 0.6 is 11.6 Å². The van der Waals surface area contributed by atoms with Crippen LogP contribution in [-0.4, -0.2) is 25.9 Å². The molecule has 2 heterocycles. The van der Waals surface area contributed by atoms with Gasteiger partial charge in [-0.25, -0.2) is 0 Å². The zero-order valence-corrected chi connectivity index (χ0v) is 15.3. The largest absolute Gasteiger partial charge is 0.489 e. The number of halogens is 1. The predicted molar refractivity (Wildman–Crippen MR) is 101 cm³/mol. The number of amides is 1. The first kappa shape index (κ1) is 17.5. The van der Waals surface area contributed by atoms with Crippen LogP contribution in [0.15, 0.2) is 36.4 Å². The normalized spacial score (nSPS) is 14.9. The molecule has 0 unspecified atom stereocenters. The van der Waals surface area contributed by atoms with E-state index in [4.69, 9.17) is 30.5 Å². The van der Waals surface area contributed by atoms with Crippen molar-refractivity contribution in [3.8, 4) is 23.0 Å². The fourth-order valence-electron chi connectivity index (χ4n) is 2.82. The van der Waals surface area contributed by atoms with Crippen molar-refractivity contribution >= 4 is 23.6 Å². The second-order valence-electron chi connectivity index (χ2n) is 6.12. The summed E-state index contributed by atoms with van der Waals surface area (Å²) in [4.78, 5) is 12.1. The van der Waals surface area contributed by atoms with E-state index < -0.39 is 0 Å². The van der Waals surface area contributed by atoms with E-state index in [-0.39, 0.29) is 12.7 Å². The first-order valence-corrected chi connectivity index (χ1v) is 9.00. The van der Waals surface area contributed by atoms with Gasteiger partial charge in [-0.1, -0.05) is 17.7 Å². The van der Waals surface area contributed by atoms with E-state index in [0.29, 0.717) is 42.0 Å². The van der Waals surface area contributed by atoms with Crippen LogP contribution in [0.3, 0.4) is 0 Å². The maximum Gasteiger partial charge on any atom is 0.244 e. The molecule has 4 rings (SSSR count). The van der Waals surface area contributed by atoms with Crippen LogP contribution in [0, 0.1) is 0 Å². The summed E-state index contributed by atoms with van der Waals surface area (Å²) in [5.41, 5.74) is 1.70. The van der Waals surface area contributed by atoms with Gasteiger partial charge in [-0.2, -0.15) is 0 Å². The molecule has 0 fully saturated rings. The van der Waals surface area contributed by atoms with Crippen molar-refractivity contribution in [2.75, 3.05) is 20.0 Å². The number of benzene rings is 2. The molecule has 0 aromatic heterocycles. The van der Waals surface area contributed by atoms with Crippen LogP contribution in [0.4, 0.5) is 0 Å². The highest BCUT2D eigenvalue weighted by Crippen LogP contribution is 2.38. The number of hydrogen-bond donors (Lipinski definition) is 1. The van der Waals surface area contributed by atoms with Gasteiger partial charge in [0.2, 0.25) is 12.7 Å². The molecule has 0 aliphatic carbocycles. The minimum atomic E-state index is -0.212. The van der Waals surface area contributed by atoms with Crippen molar-refractivity contribution in [3.63, 3.8) is 0 Å². The average Bonchev–Trinajstić information content (AvgIpc) is 3.00. The van der Waals surface area contributed by atoms with E-state index in [1.165, 1.54) is 6.08 Å². The van der Waals surface area contributed by atoms with Crippen LogP contribution in [0.5, 0.6) is 23.0 Å². The van der Waals surface area contributed by atoms with Gasteiger partial charge in [0.05, 0.1) is 18.2 Å². The van der Waals surface area contributed by atoms with Crippen LogP contribution in [0.1, 0.15) is 17.5 Å². The smallest absolute Gasteiger partial charge is 0.244 e. The van der Waals surface area contributed by atoms with Gasteiger partial charge in [-0.15, -0.1) is 0 Å². The van der Waals surface area contributed by atoms with Gasteiger partial charge < -0.3 is 24.3 Å². The van der Waals surface area contributed by atoms with E-state index in [9.17, 15) is 4.79 Å². The van der Waals surface area contributed by atoms with E-state index in [1.54, 1.807) is 12.1 Å². The van der Waals surface area contributed by atoms with Crippen molar-refractivity contribution in [1.82, 2.24) is 5.32 Å². The predicted octanol–water partition coefficient (Wildman–Crippen LogP) is 3.56. The summed E-state index contributed by atoms with van der Waals surface area (Å²) in [5, 5.41) is 3.30. The van der Waals surface area contributed by atoms with Gasteiger partial charge in [-0.3, -0.25) is 4.79 Å². The van der Waals surface area contributed by atoms with Gasteiger partial charge >= 0.3 is 0 Å². The molecule has 0 bridgehead atoms. The number of carbonyl (C=O) groups is 1. The number of rotatable bonds is 4. The standard InChI is InChI=1S/C20H18ClNO5/c21-15-8-13(9-18-20(15)25-7-1-6-24-18)3-5-19(23)22-11-14-2-4-16-17(10-14)27-12-26-16/h2-5,8-10H,1,6-7,11-12H2,(H,22,23)/b5-3+. The summed E-state index contributed by atoms with van der Waals surface area (Å²) in [6.07, 6.45) is 3.95. The lowest BCUT2D eigenvalue weighted by atomic mass is 10.1. The van der Waals surface area contributed by atoms with Gasteiger partial charge in [0.25, 0.3) is 0 Å². The molecule has 2 aromatic rings. The minimum absolute atomic E-state index is 0.212. The molecule has 27 heavy (non-hydrogen) atoms. The van der Waals surface area contributed by atoms with Crippen LogP contribution < -0.4 is 24.3 Å². The van der Waals surface area contributed by atoms with Crippen LogP contribution in [0.25, 0.3) is 6.08 Å². The molecule has 0 spiro atoms. The number of fused-ring (bicyclic) bond motifs is 2. The maximum absolute atomic E-state index is 12.1. The molecule has 2 aliphatic heterocycles. The molecule has 0 saturated heterocycles. The van der Waals surface area contributed by atoms with E-state index in [0.717, 1.165) is 23.3 Å². The maximum atomic E-state index is 12.1. The molecule has 140 valence electrons. The summed E-state index contributed by atoms with van der Waals surface area (Å²) in [5.74, 6) is 2.35. The Hall–Kier alpha value is -2.86. The monoisotopic (exact) mass is 387 g/mol. The summed E-state index contributed by atoms with van der Waals surface area (Å²) >= 11 is 6.26. The minimum Gasteiger partial charge on any atom is -0.489 e. The number of nitrogens with one attached hydrogen (secondary N) is 1. The zero-order valence-electron chi connectivity index (χ0n) is 14.5. The quantitative estimate of drug-likeness (QED) is 0.812. The molecule has 1 N–H and O–H groups in total. The van der Waals surface area contributed by atoms with Gasteiger partial charge in [0, 0.05) is 19.0 Å². The Balaban J connectivity index is 1.38. The van der Waals surface area contributed by atoms with Crippen molar-refractivity contribution in [2.24, 2.45) is 0 Å². The van der Waals surface area contributed by atoms with Crippen LogP contribution in [-0.2, 0) is 11.3 Å². The van der Waals surface area contributed by atoms with Crippen LogP contribution in [0.2, 0.25) is 5.02 Å². The summed E-state index contributed by atoms with van der Waals surface area (Å²) < 4.78 is 21.9. The molecule has 2 aliphatic rings. The fraction of sp³-hybridized carbons (Fsp3) is 0.250. The highest BCUT2D eigenvalue weighted by atomic mass is 35.5. The van der Waals surface area contributed by atoms with Gasteiger partial charge in [-0.05, 0) is 41.5 Å². The molecular formula is C20H18ClNO5. The van der Waals surface area contributed by atoms with Gasteiger partial charge in [0.15, 0.2) is 23.0 Å². The SMILES string of the molecule is O=C(/C=C/c1cc(Cl)c2c(c1)OCCCO2)NCc1ccc2c(c1)OCO2. The molecule has 2 aromatic carbocycles. The summed E-state index contributed by atoms with van der Waals surface area (Å²) in [7, 11) is 0. The molecule has 1 amide bonds. The lowest BCUT2D eigenvalue weighted by Gasteiger charge is -2.10. The Morgan fingerprint density at radius 1 is 1.04 bits per heavy atom. The lowest BCUT2D eigenvalue weighted by Crippen LogP contribution is -2.20. The second-order valence-corrected chi connectivity index (χ2v) is 6.53. The topological polar surface area (TPSA) is 66.0 Å². The molecule has 0 saturated carbocycles. The Labute approximate surface area is 161 Å². The second kappa shape index (κ2) is 7.80.